The number of hydrogen-bond acceptors (Lipinski definition) is 5. The molecule has 1 amide bonds. The summed E-state index contributed by atoms with van der Waals surface area (Å²) in [6.07, 6.45) is -4.59. The van der Waals surface area contributed by atoms with E-state index in [4.69, 9.17) is 0 Å². The minimum Gasteiger partial charge on any atom is -0.390 e. The van der Waals surface area contributed by atoms with E-state index >= 15 is 0 Å². The lowest BCUT2D eigenvalue weighted by Gasteiger charge is -2.40. The second-order valence-electron chi connectivity index (χ2n) is 11.6. The number of alkyl halides is 4. The second kappa shape index (κ2) is 10.5. The van der Waals surface area contributed by atoms with E-state index in [1.165, 1.54) is 0 Å². The normalized spacial score (nSPS) is 25.9. The molecule has 3 N–H and O–H groups in total. The molecule has 1 unspecified atom stereocenters. The van der Waals surface area contributed by atoms with Crippen LogP contribution in [0.3, 0.4) is 0 Å². The molecule has 4 rings (SSSR count). The van der Waals surface area contributed by atoms with Crippen LogP contribution in [0.2, 0.25) is 0 Å². The predicted molar refractivity (Wildman–Crippen MR) is 141 cm³/mol. The molecule has 0 radical (unpaired) electrons. The molecule has 0 saturated heterocycles. The number of nitrogens with one attached hydrogen (secondary N) is 1. The minimum absolute atomic E-state index is 0.0240. The fraction of sp³-hybridized carbons (Fsp3) is 0.536. The third-order valence-electron chi connectivity index (χ3n) is 8.84. The highest BCUT2D eigenvalue weighted by Gasteiger charge is 2.56. The van der Waals surface area contributed by atoms with Crippen LogP contribution in [0, 0.1) is 11.2 Å². The molecule has 0 aromatic heterocycles. The Labute approximate surface area is 235 Å². The van der Waals surface area contributed by atoms with Gasteiger partial charge in [-0.05, 0) is 74.1 Å². The SMILES string of the molecule is CC1(C)[C@@H](NC(=O)C[C@@H]2CCc3cc(C(O)(CF)C(F)(F)F)ccc3N2S(=O)(=O)c2ccc(F)cc2)CC[C@]1(C)O. The highest BCUT2D eigenvalue weighted by Crippen LogP contribution is 2.46. The number of fused-ring (bicyclic) bond motifs is 1. The number of aliphatic hydroxyl groups is 2. The fourth-order valence-corrected chi connectivity index (χ4v) is 7.36. The van der Waals surface area contributed by atoms with E-state index < -0.39 is 62.8 Å². The Morgan fingerprint density at radius 2 is 1.73 bits per heavy atom. The molecule has 2 aromatic rings. The van der Waals surface area contributed by atoms with Crippen LogP contribution < -0.4 is 9.62 Å². The quantitative estimate of drug-likeness (QED) is 0.404. The number of carbonyl (C=O) groups excluding carboxylic acids is 1. The topological polar surface area (TPSA) is 107 Å². The maximum Gasteiger partial charge on any atom is 0.424 e. The molecule has 4 atom stereocenters. The third-order valence-corrected chi connectivity index (χ3v) is 10.7. The summed E-state index contributed by atoms with van der Waals surface area (Å²) in [4.78, 5) is 12.9. The molecule has 7 nitrogen and oxygen atoms in total. The first-order chi connectivity index (χ1) is 18.8. The number of hydrogen-bond donors (Lipinski definition) is 3. The summed E-state index contributed by atoms with van der Waals surface area (Å²) in [5.74, 6) is -1.16. The van der Waals surface area contributed by atoms with E-state index in [0.29, 0.717) is 12.8 Å². The van der Waals surface area contributed by atoms with Crippen molar-refractivity contribution in [2.75, 3.05) is 11.0 Å². The molecule has 1 fully saturated rings. The van der Waals surface area contributed by atoms with Crippen molar-refractivity contribution in [1.82, 2.24) is 5.32 Å². The van der Waals surface area contributed by atoms with Crippen LogP contribution in [-0.2, 0) is 26.8 Å². The van der Waals surface area contributed by atoms with Crippen molar-refractivity contribution >= 4 is 21.6 Å². The Hall–Kier alpha value is -2.77. The molecular weight excluding hydrogens is 571 g/mol. The summed E-state index contributed by atoms with van der Waals surface area (Å²) < 4.78 is 96.2. The summed E-state index contributed by atoms with van der Waals surface area (Å²) in [6, 6.07) is 5.42. The molecule has 0 bridgehead atoms. The average molecular weight is 605 g/mol. The largest absolute Gasteiger partial charge is 0.424 e. The van der Waals surface area contributed by atoms with Crippen LogP contribution in [-0.4, -0.2) is 55.1 Å². The molecule has 1 aliphatic carbocycles. The van der Waals surface area contributed by atoms with E-state index in [-0.39, 0.29) is 41.5 Å². The zero-order valence-corrected chi connectivity index (χ0v) is 23.6. The van der Waals surface area contributed by atoms with Crippen LogP contribution in [0.1, 0.15) is 57.6 Å². The summed E-state index contributed by atoms with van der Waals surface area (Å²) in [7, 11) is -4.45. The van der Waals surface area contributed by atoms with Gasteiger partial charge in [0.25, 0.3) is 10.0 Å². The second-order valence-corrected chi connectivity index (χ2v) is 13.5. The molecule has 2 aromatic carbocycles. The number of halogens is 5. The smallest absolute Gasteiger partial charge is 0.390 e. The maximum absolute atomic E-state index is 13.8. The standard InChI is InChI=1S/C28H33F5N2O5S/c1-25(2)23(12-13-26(25,3)37)34-24(36)15-20-8-4-17-14-18(27(38,16-29)28(31,32)33)5-11-22(17)35(20)41(39,40)21-9-6-19(30)7-10-21/h5-7,9-11,14,20,23,37-38H,4,8,12-13,15-16H2,1-3H3,(H,34,36)/t20-,23-,26-,27?/m0/s1. The molecule has 1 heterocycles. The minimum atomic E-state index is -5.33. The van der Waals surface area contributed by atoms with Crippen LogP contribution in [0.25, 0.3) is 0 Å². The van der Waals surface area contributed by atoms with Gasteiger partial charge in [-0.3, -0.25) is 9.10 Å². The first kappa shape index (κ1) is 31.2. The van der Waals surface area contributed by atoms with Crippen LogP contribution in [0.15, 0.2) is 47.4 Å². The molecule has 1 saturated carbocycles. The number of sulfonamides is 1. The van der Waals surface area contributed by atoms with E-state index in [1.54, 1.807) is 6.92 Å². The number of rotatable bonds is 7. The van der Waals surface area contributed by atoms with E-state index in [1.807, 2.05) is 13.8 Å². The third kappa shape index (κ3) is 5.43. The van der Waals surface area contributed by atoms with Crippen molar-refractivity contribution in [3.63, 3.8) is 0 Å². The lowest BCUT2D eigenvalue weighted by Crippen LogP contribution is -2.51. The Morgan fingerprint density at radius 1 is 1.10 bits per heavy atom. The first-order valence-electron chi connectivity index (χ1n) is 13.2. The van der Waals surface area contributed by atoms with E-state index in [2.05, 4.69) is 5.32 Å². The van der Waals surface area contributed by atoms with Crippen LogP contribution in [0.4, 0.5) is 27.6 Å². The number of benzene rings is 2. The van der Waals surface area contributed by atoms with Crippen molar-refractivity contribution in [1.29, 1.82) is 0 Å². The van der Waals surface area contributed by atoms with Gasteiger partial charge >= 0.3 is 6.18 Å². The zero-order valence-electron chi connectivity index (χ0n) is 22.8. The maximum atomic E-state index is 13.8. The summed E-state index contributed by atoms with van der Waals surface area (Å²) in [5.41, 5.74) is -6.18. The van der Waals surface area contributed by atoms with Gasteiger partial charge in [-0.1, -0.05) is 26.0 Å². The first-order valence-corrected chi connectivity index (χ1v) is 14.6. The Kier molecular flexibility index (Phi) is 7.98. The number of anilines is 1. The number of carbonyl (C=O) groups is 1. The van der Waals surface area contributed by atoms with Gasteiger partial charge in [0, 0.05) is 17.9 Å². The molecule has 0 spiro atoms. The van der Waals surface area contributed by atoms with E-state index in [9.17, 15) is 45.4 Å². The zero-order chi connectivity index (χ0) is 30.6. The summed E-state index contributed by atoms with van der Waals surface area (Å²) >= 11 is 0. The number of amides is 1. The predicted octanol–water partition coefficient (Wildman–Crippen LogP) is 4.50. The molecule has 13 heteroatoms. The highest BCUT2D eigenvalue weighted by atomic mass is 32.2. The van der Waals surface area contributed by atoms with Gasteiger partial charge in [-0.15, -0.1) is 0 Å². The molecule has 2 aliphatic rings. The molecule has 41 heavy (non-hydrogen) atoms. The van der Waals surface area contributed by atoms with Gasteiger partial charge in [0.1, 0.15) is 12.5 Å². The van der Waals surface area contributed by atoms with Crippen molar-refractivity contribution in [2.45, 2.75) is 87.2 Å². The fourth-order valence-electron chi connectivity index (χ4n) is 5.65. The lowest BCUT2D eigenvalue weighted by atomic mass is 9.76. The Bertz CT molecular complexity index is 1410. The van der Waals surface area contributed by atoms with Crippen molar-refractivity contribution in [3.05, 3.63) is 59.4 Å². The average Bonchev–Trinajstić information content (AvgIpc) is 3.08. The number of aryl methyl sites for hydroxylation is 1. The summed E-state index contributed by atoms with van der Waals surface area (Å²) in [6.45, 7) is 3.19. The van der Waals surface area contributed by atoms with Gasteiger partial charge in [0.2, 0.25) is 11.5 Å². The molecular formula is C28H33F5N2O5S. The van der Waals surface area contributed by atoms with Crippen LogP contribution >= 0.6 is 0 Å². The van der Waals surface area contributed by atoms with Crippen molar-refractivity contribution in [3.8, 4) is 0 Å². The number of nitrogens with zero attached hydrogens (tertiary/aromatic N) is 1. The Balaban J connectivity index is 1.72. The van der Waals surface area contributed by atoms with Crippen LogP contribution in [0.5, 0.6) is 0 Å². The Morgan fingerprint density at radius 3 is 2.27 bits per heavy atom. The van der Waals surface area contributed by atoms with Crippen molar-refractivity contribution < 1.29 is 45.4 Å². The van der Waals surface area contributed by atoms with E-state index in [0.717, 1.165) is 46.8 Å². The highest BCUT2D eigenvalue weighted by molar-refractivity contribution is 7.92. The van der Waals surface area contributed by atoms with Gasteiger partial charge in [0.05, 0.1) is 22.2 Å². The lowest BCUT2D eigenvalue weighted by molar-refractivity contribution is -0.271. The summed E-state index contributed by atoms with van der Waals surface area (Å²) in [5, 5.41) is 23.7. The molecule has 226 valence electrons. The molecule has 1 aliphatic heterocycles. The van der Waals surface area contributed by atoms with Gasteiger partial charge < -0.3 is 15.5 Å². The van der Waals surface area contributed by atoms with Gasteiger partial charge in [-0.25, -0.2) is 17.2 Å². The monoisotopic (exact) mass is 604 g/mol. The van der Waals surface area contributed by atoms with Gasteiger partial charge in [-0.2, -0.15) is 13.2 Å². The van der Waals surface area contributed by atoms with Crippen molar-refractivity contribution in [2.24, 2.45) is 5.41 Å². The van der Waals surface area contributed by atoms with Gasteiger partial charge in [0.15, 0.2) is 0 Å².